The first-order chi connectivity index (χ1) is 8.52. The summed E-state index contributed by atoms with van der Waals surface area (Å²) in [5, 5.41) is 17.2. The Morgan fingerprint density at radius 1 is 1.22 bits per heavy atom. The van der Waals surface area contributed by atoms with Gasteiger partial charge in [-0.05, 0) is 26.0 Å². The van der Waals surface area contributed by atoms with E-state index in [1.807, 2.05) is 19.9 Å². The van der Waals surface area contributed by atoms with Crippen LogP contribution in [0, 0.1) is 34.3 Å². The molecule has 0 aromatic heterocycles. The van der Waals surface area contributed by atoms with Crippen molar-refractivity contribution in [1.82, 2.24) is 0 Å². The van der Waals surface area contributed by atoms with Crippen LogP contribution in [0.1, 0.15) is 25.8 Å². The minimum absolute atomic E-state index is 0.0693. The van der Waals surface area contributed by atoms with E-state index < -0.39 is 11.6 Å². The molecular formula is C13H13F2N3. The van der Waals surface area contributed by atoms with E-state index in [9.17, 15) is 8.78 Å². The predicted molar refractivity (Wildman–Crippen MR) is 63.8 cm³/mol. The quantitative estimate of drug-likeness (QED) is 0.824. The number of nitriles is 2. The van der Waals surface area contributed by atoms with Crippen molar-refractivity contribution in [1.29, 1.82) is 10.5 Å². The first kappa shape index (κ1) is 13.9. The molecule has 0 heterocycles. The number of rotatable bonds is 4. The third kappa shape index (κ3) is 2.75. The zero-order valence-corrected chi connectivity index (χ0v) is 10.2. The summed E-state index contributed by atoms with van der Waals surface area (Å²) in [6.45, 7) is 3.97. The molecule has 0 spiro atoms. The van der Waals surface area contributed by atoms with E-state index in [4.69, 9.17) is 10.5 Å². The molecule has 18 heavy (non-hydrogen) atoms. The highest BCUT2D eigenvalue weighted by atomic mass is 19.2. The second-order valence-corrected chi connectivity index (χ2v) is 4.07. The molecule has 94 valence electrons. The van der Waals surface area contributed by atoms with Gasteiger partial charge in [0.15, 0.2) is 11.6 Å². The second-order valence-electron chi connectivity index (χ2n) is 4.07. The average Bonchev–Trinajstić information content (AvgIpc) is 2.34. The summed E-state index contributed by atoms with van der Waals surface area (Å²) in [7, 11) is 0. The normalized spacial score (nSPS) is 9.94. The van der Waals surface area contributed by atoms with E-state index in [0.29, 0.717) is 6.54 Å². The smallest absolute Gasteiger partial charge is 0.183 e. The SMILES string of the molecule is CC(C)N(CCC#N)c1ccc(C#N)c(F)c1F. The molecule has 0 aliphatic heterocycles. The molecule has 0 radical (unpaired) electrons. The van der Waals surface area contributed by atoms with Crippen molar-refractivity contribution in [2.24, 2.45) is 0 Å². The van der Waals surface area contributed by atoms with Crippen molar-refractivity contribution in [2.45, 2.75) is 26.3 Å². The number of hydrogen-bond acceptors (Lipinski definition) is 3. The fourth-order valence-electron chi connectivity index (χ4n) is 1.67. The van der Waals surface area contributed by atoms with Crippen LogP contribution in [0.3, 0.4) is 0 Å². The number of hydrogen-bond donors (Lipinski definition) is 0. The minimum Gasteiger partial charge on any atom is -0.366 e. The predicted octanol–water partition coefficient (Wildman–Crippen LogP) is 2.96. The van der Waals surface area contributed by atoms with Crippen LogP contribution in [0.25, 0.3) is 0 Å². The lowest BCUT2D eigenvalue weighted by molar-refractivity contribution is 0.500. The highest BCUT2D eigenvalue weighted by molar-refractivity contribution is 5.52. The Bertz CT molecular complexity index is 512. The van der Waals surface area contributed by atoms with Crippen LogP contribution in [0.15, 0.2) is 12.1 Å². The Balaban J connectivity index is 3.19. The minimum atomic E-state index is -1.14. The summed E-state index contributed by atoms with van der Waals surface area (Å²) < 4.78 is 27.4. The van der Waals surface area contributed by atoms with Crippen molar-refractivity contribution < 1.29 is 8.78 Å². The molecular weight excluding hydrogens is 236 g/mol. The Morgan fingerprint density at radius 3 is 2.39 bits per heavy atom. The molecule has 1 aromatic rings. The lowest BCUT2D eigenvalue weighted by Crippen LogP contribution is -2.32. The van der Waals surface area contributed by atoms with Gasteiger partial charge in [-0.2, -0.15) is 10.5 Å². The Hall–Kier alpha value is -2.14. The van der Waals surface area contributed by atoms with Gasteiger partial charge in [0.1, 0.15) is 6.07 Å². The molecule has 0 amide bonds. The zero-order chi connectivity index (χ0) is 13.7. The van der Waals surface area contributed by atoms with Gasteiger partial charge in [0, 0.05) is 12.6 Å². The van der Waals surface area contributed by atoms with Crippen LogP contribution < -0.4 is 4.90 Å². The summed E-state index contributed by atoms with van der Waals surface area (Å²) in [4.78, 5) is 1.60. The Morgan fingerprint density at radius 2 is 1.89 bits per heavy atom. The van der Waals surface area contributed by atoms with Crippen molar-refractivity contribution in [2.75, 3.05) is 11.4 Å². The molecule has 0 bridgehead atoms. The summed E-state index contributed by atoms with van der Waals surface area (Å²) >= 11 is 0. The maximum atomic E-state index is 13.8. The lowest BCUT2D eigenvalue weighted by atomic mass is 10.1. The molecule has 0 saturated heterocycles. The van der Waals surface area contributed by atoms with Crippen molar-refractivity contribution in [3.63, 3.8) is 0 Å². The van der Waals surface area contributed by atoms with Crippen LogP contribution in [0.4, 0.5) is 14.5 Å². The van der Waals surface area contributed by atoms with Crippen molar-refractivity contribution >= 4 is 5.69 Å². The molecule has 0 unspecified atom stereocenters. The van der Waals surface area contributed by atoms with Crippen LogP contribution >= 0.6 is 0 Å². The molecule has 1 aromatic carbocycles. The molecule has 0 N–H and O–H groups in total. The van der Waals surface area contributed by atoms with Crippen LogP contribution in [-0.2, 0) is 0 Å². The van der Waals surface area contributed by atoms with Gasteiger partial charge in [-0.25, -0.2) is 8.78 Å². The summed E-state index contributed by atoms with van der Waals surface area (Å²) in [5.41, 5.74) is -0.239. The standard InChI is InChI=1S/C13H13F2N3/c1-9(2)18(7-3-6-16)11-5-4-10(8-17)12(14)13(11)15/h4-5,9H,3,7H2,1-2H3. The van der Waals surface area contributed by atoms with Crippen LogP contribution in [-0.4, -0.2) is 12.6 Å². The summed E-state index contributed by atoms with van der Waals surface area (Å²) in [5.74, 6) is -2.18. The van der Waals surface area contributed by atoms with E-state index in [1.54, 1.807) is 11.0 Å². The highest BCUT2D eigenvalue weighted by Gasteiger charge is 2.19. The van der Waals surface area contributed by atoms with Gasteiger partial charge in [-0.1, -0.05) is 0 Å². The maximum Gasteiger partial charge on any atom is 0.183 e. The maximum absolute atomic E-state index is 13.8. The second kappa shape index (κ2) is 5.97. The molecule has 0 aliphatic carbocycles. The first-order valence-electron chi connectivity index (χ1n) is 5.54. The third-order valence-electron chi connectivity index (χ3n) is 2.58. The fraction of sp³-hybridized carbons (Fsp3) is 0.385. The molecule has 1 rings (SSSR count). The van der Waals surface area contributed by atoms with E-state index in [1.165, 1.54) is 12.1 Å². The molecule has 3 nitrogen and oxygen atoms in total. The van der Waals surface area contributed by atoms with Crippen molar-refractivity contribution in [3.05, 3.63) is 29.3 Å². The van der Waals surface area contributed by atoms with Crippen molar-refractivity contribution in [3.8, 4) is 12.1 Å². The van der Waals surface area contributed by atoms with E-state index in [0.717, 1.165) is 0 Å². The molecule has 5 heteroatoms. The van der Waals surface area contributed by atoms with E-state index in [2.05, 4.69) is 0 Å². The fourth-order valence-corrected chi connectivity index (χ4v) is 1.67. The largest absolute Gasteiger partial charge is 0.366 e. The highest BCUT2D eigenvalue weighted by Crippen LogP contribution is 2.25. The third-order valence-corrected chi connectivity index (χ3v) is 2.58. The average molecular weight is 249 g/mol. The summed E-state index contributed by atoms with van der Waals surface area (Å²) in [6, 6.07) is 6.10. The Kier molecular flexibility index (Phi) is 4.62. The van der Waals surface area contributed by atoms with E-state index in [-0.39, 0.29) is 23.7 Å². The van der Waals surface area contributed by atoms with Crippen LogP contribution in [0.5, 0.6) is 0 Å². The van der Waals surface area contributed by atoms with Crippen LogP contribution in [0.2, 0.25) is 0 Å². The molecule has 0 atom stereocenters. The van der Waals surface area contributed by atoms with Gasteiger partial charge in [-0.15, -0.1) is 0 Å². The lowest BCUT2D eigenvalue weighted by Gasteiger charge is -2.28. The zero-order valence-electron chi connectivity index (χ0n) is 10.2. The number of anilines is 1. The monoisotopic (exact) mass is 249 g/mol. The Labute approximate surface area is 105 Å². The van der Waals surface area contributed by atoms with Gasteiger partial charge >= 0.3 is 0 Å². The molecule has 0 fully saturated rings. The van der Waals surface area contributed by atoms with Gasteiger partial charge in [0.05, 0.1) is 23.7 Å². The summed E-state index contributed by atoms with van der Waals surface area (Å²) in [6.07, 6.45) is 0.221. The number of halogens is 2. The first-order valence-corrected chi connectivity index (χ1v) is 5.54. The van der Waals surface area contributed by atoms with E-state index >= 15 is 0 Å². The van der Waals surface area contributed by atoms with Gasteiger partial charge in [-0.3, -0.25) is 0 Å². The van der Waals surface area contributed by atoms with Gasteiger partial charge in [0.25, 0.3) is 0 Å². The van der Waals surface area contributed by atoms with Gasteiger partial charge in [0.2, 0.25) is 0 Å². The molecule has 0 aliphatic rings. The topological polar surface area (TPSA) is 50.8 Å². The number of nitrogens with zero attached hydrogens (tertiary/aromatic N) is 3. The van der Waals surface area contributed by atoms with Gasteiger partial charge < -0.3 is 4.90 Å². The molecule has 0 saturated carbocycles. The number of benzene rings is 1.